The highest BCUT2D eigenvalue weighted by Gasteiger charge is 2.18. The highest BCUT2D eigenvalue weighted by atomic mass is 15.3. The fraction of sp³-hybridized carbons (Fsp3) is 0.389. The standard InChI is InChI=1S/C18H22N6/c1-14-11-20-15(12-19-14)13-23-7-4-8-24(10-9-23)18-21-16-5-2-3-6-17(16)22-18/h2-3,5-6,11-12H,4,7-10,13H2,1H3,(H,21,22). The SMILES string of the molecule is Cc1cnc(CN2CCCN(c3nc4ccccc4[nH]3)CC2)cn1. The molecule has 6 heteroatoms. The van der Waals surface area contributed by atoms with Crippen molar-refractivity contribution in [3.05, 3.63) is 48.0 Å². The van der Waals surface area contributed by atoms with Crippen molar-refractivity contribution in [1.29, 1.82) is 0 Å². The molecule has 6 nitrogen and oxygen atoms in total. The van der Waals surface area contributed by atoms with Crippen molar-refractivity contribution in [2.45, 2.75) is 19.9 Å². The number of para-hydroxylation sites is 2. The van der Waals surface area contributed by atoms with E-state index in [1.54, 1.807) is 0 Å². The second-order valence-corrected chi connectivity index (χ2v) is 6.34. The molecule has 0 aliphatic carbocycles. The molecule has 0 amide bonds. The van der Waals surface area contributed by atoms with Gasteiger partial charge in [-0.15, -0.1) is 0 Å². The zero-order chi connectivity index (χ0) is 16.4. The predicted molar refractivity (Wildman–Crippen MR) is 95.0 cm³/mol. The zero-order valence-corrected chi connectivity index (χ0v) is 13.9. The molecule has 1 fully saturated rings. The Kier molecular flexibility index (Phi) is 4.13. The fourth-order valence-corrected chi connectivity index (χ4v) is 3.16. The number of aromatic nitrogens is 4. The van der Waals surface area contributed by atoms with Crippen LogP contribution in [0.15, 0.2) is 36.7 Å². The average Bonchev–Trinajstić information content (AvgIpc) is 2.90. The summed E-state index contributed by atoms with van der Waals surface area (Å²) >= 11 is 0. The molecule has 0 radical (unpaired) electrons. The molecule has 3 heterocycles. The van der Waals surface area contributed by atoms with Crippen LogP contribution in [0.1, 0.15) is 17.8 Å². The summed E-state index contributed by atoms with van der Waals surface area (Å²) < 4.78 is 0. The van der Waals surface area contributed by atoms with E-state index in [4.69, 9.17) is 4.98 Å². The Labute approximate surface area is 141 Å². The van der Waals surface area contributed by atoms with Crippen LogP contribution >= 0.6 is 0 Å². The molecule has 4 rings (SSSR count). The van der Waals surface area contributed by atoms with Gasteiger partial charge in [0, 0.05) is 45.1 Å². The molecule has 1 aromatic carbocycles. The number of rotatable bonds is 3. The van der Waals surface area contributed by atoms with Crippen molar-refractivity contribution in [2.24, 2.45) is 0 Å². The second-order valence-electron chi connectivity index (χ2n) is 6.34. The third-order valence-electron chi connectivity index (χ3n) is 4.48. The van der Waals surface area contributed by atoms with E-state index in [-0.39, 0.29) is 0 Å². The van der Waals surface area contributed by atoms with E-state index in [9.17, 15) is 0 Å². The van der Waals surface area contributed by atoms with Crippen LogP contribution in [0.3, 0.4) is 0 Å². The molecular weight excluding hydrogens is 300 g/mol. The molecule has 1 aliphatic heterocycles. The summed E-state index contributed by atoms with van der Waals surface area (Å²) in [6.45, 7) is 6.91. The number of nitrogens with one attached hydrogen (secondary N) is 1. The van der Waals surface area contributed by atoms with Gasteiger partial charge < -0.3 is 9.88 Å². The van der Waals surface area contributed by atoms with E-state index < -0.39 is 0 Å². The largest absolute Gasteiger partial charge is 0.341 e. The molecule has 0 unspecified atom stereocenters. The Bertz CT molecular complexity index is 777. The lowest BCUT2D eigenvalue weighted by atomic mass is 10.3. The predicted octanol–water partition coefficient (Wildman–Crippen LogP) is 2.37. The van der Waals surface area contributed by atoms with Gasteiger partial charge in [-0.3, -0.25) is 14.9 Å². The third kappa shape index (κ3) is 3.23. The Morgan fingerprint density at radius 1 is 1.04 bits per heavy atom. The van der Waals surface area contributed by atoms with Gasteiger partial charge in [0.1, 0.15) is 0 Å². The lowest BCUT2D eigenvalue weighted by molar-refractivity contribution is 0.281. The molecule has 1 aliphatic rings. The monoisotopic (exact) mass is 322 g/mol. The topological polar surface area (TPSA) is 60.9 Å². The van der Waals surface area contributed by atoms with Gasteiger partial charge in [0.15, 0.2) is 0 Å². The first-order chi connectivity index (χ1) is 11.8. The number of hydrogen-bond donors (Lipinski definition) is 1. The van der Waals surface area contributed by atoms with E-state index in [1.165, 1.54) is 0 Å². The molecule has 2 aromatic heterocycles. The number of imidazole rings is 1. The maximum absolute atomic E-state index is 4.73. The number of aromatic amines is 1. The van der Waals surface area contributed by atoms with Crippen molar-refractivity contribution in [3.63, 3.8) is 0 Å². The van der Waals surface area contributed by atoms with Crippen LogP contribution in [0.4, 0.5) is 5.95 Å². The molecule has 0 spiro atoms. The number of hydrogen-bond acceptors (Lipinski definition) is 5. The molecule has 3 aromatic rings. The van der Waals surface area contributed by atoms with Crippen molar-refractivity contribution in [3.8, 4) is 0 Å². The number of anilines is 1. The van der Waals surface area contributed by atoms with Crippen LogP contribution in [0, 0.1) is 6.92 Å². The normalized spacial score (nSPS) is 16.5. The quantitative estimate of drug-likeness (QED) is 0.802. The summed E-state index contributed by atoms with van der Waals surface area (Å²) in [5, 5.41) is 0. The Morgan fingerprint density at radius 3 is 2.79 bits per heavy atom. The zero-order valence-electron chi connectivity index (χ0n) is 13.9. The van der Waals surface area contributed by atoms with Gasteiger partial charge in [0.2, 0.25) is 5.95 Å². The average molecular weight is 322 g/mol. The first kappa shape index (κ1) is 15.1. The first-order valence-electron chi connectivity index (χ1n) is 8.47. The van der Waals surface area contributed by atoms with Crippen molar-refractivity contribution in [2.75, 3.05) is 31.1 Å². The number of fused-ring (bicyclic) bond motifs is 1. The van der Waals surface area contributed by atoms with Gasteiger partial charge in [0.05, 0.1) is 22.4 Å². The maximum Gasteiger partial charge on any atom is 0.203 e. The Hall–Kier alpha value is -2.47. The van der Waals surface area contributed by atoms with E-state index >= 15 is 0 Å². The molecular formula is C18H22N6. The number of H-pyrrole nitrogens is 1. The molecule has 1 saturated heterocycles. The molecule has 1 N–H and O–H groups in total. The smallest absolute Gasteiger partial charge is 0.203 e. The summed E-state index contributed by atoms with van der Waals surface area (Å²) in [4.78, 5) is 21.8. The van der Waals surface area contributed by atoms with Gasteiger partial charge >= 0.3 is 0 Å². The lowest BCUT2D eigenvalue weighted by Gasteiger charge is -2.21. The summed E-state index contributed by atoms with van der Waals surface area (Å²) in [5.74, 6) is 0.980. The minimum absolute atomic E-state index is 0.862. The molecule has 0 atom stereocenters. The van der Waals surface area contributed by atoms with Crippen molar-refractivity contribution < 1.29 is 0 Å². The number of benzene rings is 1. The minimum Gasteiger partial charge on any atom is -0.341 e. The van der Waals surface area contributed by atoms with Gasteiger partial charge in [-0.05, 0) is 25.5 Å². The Balaban J connectivity index is 1.43. The van der Waals surface area contributed by atoms with Gasteiger partial charge in [-0.1, -0.05) is 12.1 Å². The Morgan fingerprint density at radius 2 is 1.96 bits per heavy atom. The second kappa shape index (κ2) is 6.57. The summed E-state index contributed by atoms with van der Waals surface area (Å²) in [5.41, 5.74) is 4.13. The molecule has 24 heavy (non-hydrogen) atoms. The number of nitrogens with zero attached hydrogens (tertiary/aromatic N) is 5. The lowest BCUT2D eigenvalue weighted by Crippen LogP contribution is -2.31. The third-order valence-corrected chi connectivity index (χ3v) is 4.48. The fourth-order valence-electron chi connectivity index (χ4n) is 3.16. The highest BCUT2D eigenvalue weighted by Crippen LogP contribution is 2.18. The molecule has 0 bridgehead atoms. The maximum atomic E-state index is 4.73. The van der Waals surface area contributed by atoms with Crippen LogP contribution in [0.2, 0.25) is 0 Å². The number of aryl methyl sites for hydroxylation is 1. The minimum atomic E-state index is 0.862. The van der Waals surface area contributed by atoms with Crippen LogP contribution in [0.5, 0.6) is 0 Å². The van der Waals surface area contributed by atoms with E-state index in [2.05, 4.69) is 36.9 Å². The first-order valence-corrected chi connectivity index (χ1v) is 8.47. The van der Waals surface area contributed by atoms with Crippen LogP contribution in [-0.2, 0) is 6.54 Å². The van der Waals surface area contributed by atoms with E-state index in [0.29, 0.717) is 0 Å². The highest BCUT2D eigenvalue weighted by molar-refractivity contribution is 5.77. The summed E-state index contributed by atoms with van der Waals surface area (Å²) in [6.07, 6.45) is 4.85. The van der Waals surface area contributed by atoms with E-state index in [1.807, 2.05) is 31.5 Å². The molecule has 124 valence electrons. The van der Waals surface area contributed by atoms with Gasteiger partial charge in [-0.2, -0.15) is 0 Å². The summed E-state index contributed by atoms with van der Waals surface area (Å²) in [7, 11) is 0. The van der Waals surface area contributed by atoms with Crippen molar-refractivity contribution >= 4 is 17.0 Å². The van der Waals surface area contributed by atoms with Gasteiger partial charge in [0.25, 0.3) is 0 Å². The molecule has 0 saturated carbocycles. The van der Waals surface area contributed by atoms with Crippen LogP contribution in [0.25, 0.3) is 11.0 Å². The van der Waals surface area contributed by atoms with E-state index in [0.717, 1.165) is 67.5 Å². The van der Waals surface area contributed by atoms with Crippen LogP contribution < -0.4 is 4.90 Å². The van der Waals surface area contributed by atoms with Crippen molar-refractivity contribution in [1.82, 2.24) is 24.8 Å². The van der Waals surface area contributed by atoms with Crippen LogP contribution in [-0.4, -0.2) is 51.0 Å². The summed E-state index contributed by atoms with van der Waals surface area (Å²) in [6, 6.07) is 8.19. The van der Waals surface area contributed by atoms with Gasteiger partial charge in [-0.25, -0.2) is 4.98 Å².